The minimum absolute atomic E-state index is 0.129. The molecule has 1 aromatic rings. The standard InChI is InChI=1S/C14H22N2O/c1-9(15)13-7-6-12(8-14(13)17)16(3)10(2)11-4-5-11/h6-11,17H,4-5,15H2,1-3H3. The van der Waals surface area contributed by atoms with Gasteiger partial charge in [-0.05, 0) is 38.7 Å². The van der Waals surface area contributed by atoms with Crippen LogP contribution in [0.5, 0.6) is 5.75 Å². The van der Waals surface area contributed by atoms with Crippen molar-refractivity contribution in [2.24, 2.45) is 11.7 Å². The third-order valence-corrected chi connectivity index (χ3v) is 3.83. The van der Waals surface area contributed by atoms with Gasteiger partial charge in [0.2, 0.25) is 0 Å². The Kier molecular flexibility index (Phi) is 3.29. The summed E-state index contributed by atoms with van der Waals surface area (Å²) in [5, 5.41) is 9.94. The molecule has 2 unspecified atom stereocenters. The van der Waals surface area contributed by atoms with Crippen molar-refractivity contribution < 1.29 is 5.11 Å². The molecule has 94 valence electrons. The zero-order chi connectivity index (χ0) is 12.6. The Balaban J connectivity index is 2.18. The summed E-state index contributed by atoms with van der Waals surface area (Å²) in [7, 11) is 2.09. The third kappa shape index (κ3) is 2.55. The first kappa shape index (κ1) is 12.2. The van der Waals surface area contributed by atoms with Gasteiger partial charge < -0.3 is 15.7 Å². The molecule has 0 radical (unpaired) electrons. The van der Waals surface area contributed by atoms with Gasteiger partial charge in [0.25, 0.3) is 0 Å². The van der Waals surface area contributed by atoms with Gasteiger partial charge in [-0.2, -0.15) is 0 Å². The van der Waals surface area contributed by atoms with Crippen LogP contribution < -0.4 is 10.6 Å². The topological polar surface area (TPSA) is 49.5 Å². The van der Waals surface area contributed by atoms with Crippen molar-refractivity contribution in [3.63, 3.8) is 0 Å². The van der Waals surface area contributed by atoms with Crippen molar-refractivity contribution in [1.82, 2.24) is 0 Å². The second kappa shape index (κ2) is 4.57. The van der Waals surface area contributed by atoms with Crippen LogP contribution in [0.3, 0.4) is 0 Å². The van der Waals surface area contributed by atoms with Crippen molar-refractivity contribution in [3.8, 4) is 5.75 Å². The molecule has 1 aliphatic carbocycles. The molecule has 17 heavy (non-hydrogen) atoms. The molecule has 0 spiro atoms. The maximum Gasteiger partial charge on any atom is 0.122 e. The summed E-state index contributed by atoms with van der Waals surface area (Å²) in [4.78, 5) is 2.24. The molecule has 1 fully saturated rings. The molecule has 0 bridgehead atoms. The average Bonchev–Trinajstić information content (AvgIpc) is 3.10. The maximum absolute atomic E-state index is 9.94. The van der Waals surface area contributed by atoms with Crippen LogP contribution in [0.2, 0.25) is 0 Å². The van der Waals surface area contributed by atoms with Crippen molar-refractivity contribution in [2.45, 2.75) is 38.8 Å². The van der Waals surface area contributed by atoms with E-state index in [0.29, 0.717) is 11.8 Å². The third-order valence-electron chi connectivity index (χ3n) is 3.83. The SMILES string of the molecule is CC(N)c1ccc(N(C)C(C)C2CC2)cc1O. The number of phenols is 1. The van der Waals surface area contributed by atoms with Gasteiger partial charge in [0.1, 0.15) is 5.75 Å². The molecule has 0 aliphatic heterocycles. The number of phenolic OH excluding ortho intramolecular Hbond substituents is 1. The smallest absolute Gasteiger partial charge is 0.122 e. The zero-order valence-electron chi connectivity index (χ0n) is 10.9. The van der Waals surface area contributed by atoms with E-state index >= 15 is 0 Å². The van der Waals surface area contributed by atoms with Crippen LogP contribution in [0.15, 0.2) is 18.2 Å². The number of hydrogen-bond acceptors (Lipinski definition) is 3. The highest BCUT2D eigenvalue weighted by molar-refractivity contribution is 5.54. The minimum Gasteiger partial charge on any atom is -0.508 e. The predicted molar refractivity (Wildman–Crippen MR) is 71.3 cm³/mol. The van der Waals surface area contributed by atoms with E-state index < -0.39 is 0 Å². The van der Waals surface area contributed by atoms with Gasteiger partial charge >= 0.3 is 0 Å². The molecule has 0 saturated heterocycles. The van der Waals surface area contributed by atoms with Crippen LogP contribution in [-0.4, -0.2) is 18.2 Å². The van der Waals surface area contributed by atoms with E-state index in [-0.39, 0.29) is 6.04 Å². The van der Waals surface area contributed by atoms with Gasteiger partial charge in [0, 0.05) is 36.4 Å². The molecule has 0 heterocycles. The van der Waals surface area contributed by atoms with Crippen molar-refractivity contribution in [2.75, 3.05) is 11.9 Å². The van der Waals surface area contributed by atoms with Gasteiger partial charge in [-0.1, -0.05) is 6.07 Å². The summed E-state index contributed by atoms with van der Waals surface area (Å²) >= 11 is 0. The van der Waals surface area contributed by atoms with Gasteiger partial charge in [-0.3, -0.25) is 0 Å². The summed E-state index contributed by atoms with van der Waals surface area (Å²) in [5.74, 6) is 1.11. The first-order chi connectivity index (χ1) is 8.00. The van der Waals surface area contributed by atoms with E-state index in [9.17, 15) is 5.11 Å². The average molecular weight is 234 g/mol. The highest BCUT2D eigenvalue weighted by Crippen LogP contribution is 2.37. The molecule has 1 aliphatic rings. The van der Waals surface area contributed by atoms with E-state index in [1.807, 2.05) is 25.1 Å². The first-order valence-corrected chi connectivity index (χ1v) is 6.32. The number of rotatable bonds is 4. The van der Waals surface area contributed by atoms with E-state index in [1.165, 1.54) is 12.8 Å². The Morgan fingerprint density at radius 1 is 1.35 bits per heavy atom. The van der Waals surface area contributed by atoms with Gasteiger partial charge in [0.15, 0.2) is 0 Å². The summed E-state index contributed by atoms with van der Waals surface area (Å²) < 4.78 is 0. The van der Waals surface area contributed by atoms with Crippen LogP contribution >= 0.6 is 0 Å². The molecule has 2 atom stereocenters. The van der Waals surface area contributed by atoms with Crippen LogP contribution in [0.4, 0.5) is 5.69 Å². The number of hydrogen-bond donors (Lipinski definition) is 2. The Morgan fingerprint density at radius 2 is 2.00 bits per heavy atom. The number of benzene rings is 1. The lowest BCUT2D eigenvalue weighted by molar-refractivity contribution is 0.463. The van der Waals surface area contributed by atoms with Gasteiger partial charge in [-0.25, -0.2) is 0 Å². The van der Waals surface area contributed by atoms with Crippen molar-refractivity contribution >= 4 is 5.69 Å². The van der Waals surface area contributed by atoms with Gasteiger partial charge in [0.05, 0.1) is 0 Å². The number of anilines is 1. The summed E-state index contributed by atoms with van der Waals surface area (Å²) in [5.41, 5.74) is 7.65. The van der Waals surface area contributed by atoms with E-state index in [4.69, 9.17) is 5.73 Å². The van der Waals surface area contributed by atoms with Crippen LogP contribution in [-0.2, 0) is 0 Å². The molecule has 3 N–H and O–H groups in total. The Morgan fingerprint density at radius 3 is 2.47 bits per heavy atom. The van der Waals surface area contributed by atoms with Crippen LogP contribution in [0.25, 0.3) is 0 Å². The normalized spacial score (nSPS) is 18.8. The highest BCUT2D eigenvalue weighted by Gasteiger charge is 2.30. The molecular formula is C14H22N2O. The quantitative estimate of drug-likeness (QED) is 0.842. The van der Waals surface area contributed by atoms with Crippen LogP contribution in [0.1, 0.15) is 38.3 Å². The lowest BCUT2D eigenvalue weighted by Crippen LogP contribution is -2.30. The maximum atomic E-state index is 9.94. The molecule has 1 saturated carbocycles. The summed E-state index contributed by atoms with van der Waals surface area (Å²) in [6.07, 6.45) is 2.66. The fourth-order valence-corrected chi connectivity index (χ4v) is 2.27. The van der Waals surface area contributed by atoms with Crippen molar-refractivity contribution in [1.29, 1.82) is 0 Å². The van der Waals surface area contributed by atoms with E-state index in [0.717, 1.165) is 17.2 Å². The van der Waals surface area contributed by atoms with E-state index in [1.54, 1.807) is 0 Å². The predicted octanol–water partition coefficient (Wildman–Crippen LogP) is 2.65. The monoisotopic (exact) mass is 234 g/mol. The fraction of sp³-hybridized carbons (Fsp3) is 0.571. The fourth-order valence-electron chi connectivity index (χ4n) is 2.27. The first-order valence-electron chi connectivity index (χ1n) is 6.32. The van der Waals surface area contributed by atoms with Crippen molar-refractivity contribution in [3.05, 3.63) is 23.8 Å². The molecular weight excluding hydrogens is 212 g/mol. The molecule has 0 amide bonds. The minimum atomic E-state index is -0.129. The Labute approximate surface area is 103 Å². The number of nitrogens with two attached hydrogens (primary N) is 1. The number of aromatic hydroxyl groups is 1. The summed E-state index contributed by atoms with van der Waals surface area (Å²) in [6.45, 7) is 4.12. The highest BCUT2D eigenvalue weighted by atomic mass is 16.3. The molecule has 0 aromatic heterocycles. The van der Waals surface area contributed by atoms with Gasteiger partial charge in [-0.15, -0.1) is 0 Å². The Bertz CT molecular complexity index is 399. The largest absolute Gasteiger partial charge is 0.508 e. The second-order valence-electron chi connectivity index (χ2n) is 5.22. The molecule has 2 rings (SSSR count). The van der Waals surface area contributed by atoms with Crippen LogP contribution in [0, 0.1) is 5.92 Å². The zero-order valence-corrected chi connectivity index (χ0v) is 10.9. The second-order valence-corrected chi connectivity index (χ2v) is 5.22. The summed E-state index contributed by atoms with van der Waals surface area (Å²) in [6, 6.07) is 6.19. The number of nitrogens with zero attached hydrogens (tertiary/aromatic N) is 1. The lowest BCUT2D eigenvalue weighted by Gasteiger charge is -2.27. The molecule has 3 heteroatoms. The Hall–Kier alpha value is -1.22. The molecule has 1 aromatic carbocycles. The molecule has 3 nitrogen and oxygen atoms in total. The lowest BCUT2D eigenvalue weighted by atomic mass is 10.1. The van der Waals surface area contributed by atoms with E-state index in [2.05, 4.69) is 18.9 Å².